The second-order valence-electron chi connectivity index (χ2n) is 5.87. The Hall–Kier alpha value is -2.95. The van der Waals surface area contributed by atoms with Crippen LogP contribution in [-0.2, 0) is 9.59 Å². The molecule has 1 saturated heterocycles. The van der Waals surface area contributed by atoms with Crippen LogP contribution >= 0.6 is 0 Å². The third kappa shape index (κ3) is 3.76. The van der Waals surface area contributed by atoms with Gasteiger partial charge in [0.15, 0.2) is 0 Å². The predicted molar refractivity (Wildman–Crippen MR) is 97.9 cm³/mol. The van der Waals surface area contributed by atoms with Crippen molar-refractivity contribution in [3.05, 3.63) is 66.5 Å². The number of aromatic nitrogens is 1. The van der Waals surface area contributed by atoms with E-state index in [1.165, 1.54) is 6.08 Å². The summed E-state index contributed by atoms with van der Waals surface area (Å²) in [6.45, 7) is 3.03. The molecule has 5 heteroatoms. The van der Waals surface area contributed by atoms with Gasteiger partial charge in [-0.15, -0.1) is 0 Å². The quantitative estimate of drug-likeness (QED) is 0.790. The number of hydrogen-bond acceptors (Lipinski definition) is 3. The fourth-order valence-electron chi connectivity index (χ4n) is 3.09. The molecular formula is C20H21N3O2. The highest BCUT2D eigenvalue weighted by Gasteiger charge is 2.37. The minimum absolute atomic E-state index is 0.0151. The van der Waals surface area contributed by atoms with Crippen molar-refractivity contribution in [2.75, 3.05) is 18.0 Å². The first kappa shape index (κ1) is 16.9. The first-order chi connectivity index (χ1) is 12.2. The number of carbonyl (C=O) groups is 2. The number of rotatable bonds is 5. The minimum Gasteiger partial charge on any atom is -0.327 e. The lowest BCUT2D eigenvalue weighted by Gasteiger charge is -2.25. The number of benzene rings is 1. The molecule has 2 amide bonds. The molecule has 1 atom stereocenters. The summed E-state index contributed by atoms with van der Waals surface area (Å²) in [5.41, 5.74) is 1.79. The molecular weight excluding hydrogens is 314 g/mol. The van der Waals surface area contributed by atoms with Gasteiger partial charge >= 0.3 is 0 Å². The van der Waals surface area contributed by atoms with Gasteiger partial charge in [-0.25, -0.2) is 0 Å². The van der Waals surface area contributed by atoms with Crippen LogP contribution in [-0.4, -0.2) is 40.8 Å². The standard InChI is InChI=1S/C20H21N3O2/c1-2-22(19(24)9-8-16-10-13-21-14-11-16)18-12-15-23(20(18)25)17-6-4-3-5-7-17/h3-11,13-14,18H,2,12,15H2,1H3/b9-8-/t18-/m1/s1. The van der Waals surface area contributed by atoms with Gasteiger partial charge in [-0.3, -0.25) is 14.6 Å². The zero-order chi connectivity index (χ0) is 17.6. The number of nitrogens with zero attached hydrogens (tertiary/aromatic N) is 3. The second-order valence-corrected chi connectivity index (χ2v) is 5.87. The number of pyridine rings is 1. The van der Waals surface area contributed by atoms with Crippen LogP contribution in [0.1, 0.15) is 18.9 Å². The molecule has 1 aliphatic rings. The highest BCUT2D eigenvalue weighted by molar-refractivity contribution is 6.03. The predicted octanol–water partition coefficient (Wildman–Crippen LogP) is 2.75. The molecule has 1 aromatic carbocycles. The molecule has 0 spiro atoms. The minimum atomic E-state index is -0.403. The largest absolute Gasteiger partial charge is 0.327 e. The van der Waals surface area contributed by atoms with Crippen LogP contribution in [0.4, 0.5) is 5.69 Å². The Morgan fingerprint density at radius 2 is 1.96 bits per heavy atom. The van der Waals surface area contributed by atoms with E-state index in [0.717, 1.165) is 11.3 Å². The summed E-state index contributed by atoms with van der Waals surface area (Å²) in [6.07, 6.45) is 7.29. The molecule has 3 rings (SSSR count). The molecule has 1 aromatic heterocycles. The second kappa shape index (κ2) is 7.75. The van der Waals surface area contributed by atoms with Gasteiger partial charge in [0.2, 0.25) is 11.8 Å². The lowest BCUT2D eigenvalue weighted by atomic mass is 10.2. The van der Waals surface area contributed by atoms with E-state index in [-0.39, 0.29) is 11.8 Å². The van der Waals surface area contributed by atoms with Crippen LogP contribution in [0.15, 0.2) is 60.9 Å². The van der Waals surface area contributed by atoms with Gasteiger partial charge in [0.1, 0.15) is 6.04 Å². The van der Waals surface area contributed by atoms with Crippen molar-refractivity contribution < 1.29 is 9.59 Å². The molecule has 2 aromatic rings. The molecule has 0 bridgehead atoms. The monoisotopic (exact) mass is 335 g/mol. The Labute approximate surface area is 147 Å². The average molecular weight is 335 g/mol. The zero-order valence-corrected chi connectivity index (χ0v) is 14.2. The van der Waals surface area contributed by atoms with Crippen LogP contribution < -0.4 is 4.90 Å². The van der Waals surface area contributed by atoms with E-state index in [1.807, 2.05) is 49.4 Å². The molecule has 1 fully saturated rings. The fourth-order valence-corrected chi connectivity index (χ4v) is 3.09. The molecule has 0 N–H and O–H groups in total. The van der Waals surface area contributed by atoms with Crippen molar-refractivity contribution in [1.29, 1.82) is 0 Å². The Bertz CT molecular complexity index is 759. The topological polar surface area (TPSA) is 53.5 Å². The molecule has 0 saturated carbocycles. The number of carbonyl (C=O) groups excluding carboxylic acids is 2. The summed E-state index contributed by atoms with van der Waals surface area (Å²) < 4.78 is 0. The number of hydrogen-bond donors (Lipinski definition) is 0. The summed E-state index contributed by atoms with van der Waals surface area (Å²) in [5.74, 6) is -0.161. The Kier molecular flexibility index (Phi) is 5.23. The van der Waals surface area contributed by atoms with Gasteiger partial charge in [-0.1, -0.05) is 18.2 Å². The maximum Gasteiger partial charge on any atom is 0.249 e. The maximum atomic E-state index is 12.8. The van der Waals surface area contributed by atoms with E-state index in [2.05, 4.69) is 4.98 Å². The normalized spacial score (nSPS) is 17.2. The Balaban J connectivity index is 1.72. The van der Waals surface area contributed by atoms with Crippen LogP contribution in [0.3, 0.4) is 0 Å². The van der Waals surface area contributed by atoms with E-state index in [1.54, 1.807) is 28.3 Å². The average Bonchev–Trinajstić information content (AvgIpc) is 3.04. The van der Waals surface area contributed by atoms with Crippen molar-refractivity contribution in [3.63, 3.8) is 0 Å². The van der Waals surface area contributed by atoms with Crippen molar-refractivity contribution in [1.82, 2.24) is 9.88 Å². The highest BCUT2D eigenvalue weighted by Crippen LogP contribution is 2.24. The molecule has 25 heavy (non-hydrogen) atoms. The maximum absolute atomic E-state index is 12.8. The van der Waals surface area contributed by atoms with Crippen LogP contribution in [0.5, 0.6) is 0 Å². The van der Waals surface area contributed by atoms with Gasteiger partial charge in [-0.05, 0) is 49.2 Å². The Morgan fingerprint density at radius 3 is 2.64 bits per heavy atom. The first-order valence-electron chi connectivity index (χ1n) is 8.46. The number of para-hydroxylation sites is 1. The molecule has 128 valence electrons. The number of amides is 2. The molecule has 0 radical (unpaired) electrons. The van der Waals surface area contributed by atoms with Gasteiger partial charge < -0.3 is 9.80 Å². The fraction of sp³-hybridized carbons (Fsp3) is 0.250. The van der Waals surface area contributed by atoms with Gasteiger partial charge in [-0.2, -0.15) is 0 Å². The van der Waals surface area contributed by atoms with Crippen molar-refractivity contribution in [2.24, 2.45) is 0 Å². The third-order valence-corrected chi connectivity index (χ3v) is 4.37. The van der Waals surface area contributed by atoms with E-state index in [0.29, 0.717) is 19.5 Å². The summed E-state index contributed by atoms with van der Waals surface area (Å²) in [7, 11) is 0. The van der Waals surface area contributed by atoms with E-state index < -0.39 is 6.04 Å². The lowest BCUT2D eigenvalue weighted by molar-refractivity contribution is -0.134. The third-order valence-electron chi connectivity index (χ3n) is 4.37. The summed E-state index contributed by atoms with van der Waals surface area (Å²) >= 11 is 0. The van der Waals surface area contributed by atoms with Crippen LogP contribution in [0, 0.1) is 0 Å². The van der Waals surface area contributed by atoms with Gasteiger partial charge in [0.25, 0.3) is 0 Å². The molecule has 1 aliphatic heterocycles. The number of anilines is 1. The van der Waals surface area contributed by atoms with E-state index in [9.17, 15) is 9.59 Å². The molecule has 5 nitrogen and oxygen atoms in total. The Morgan fingerprint density at radius 1 is 1.24 bits per heavy atom. The van der Waals surface area contributed by atoms with Crippen molar-refractivity contribution in [3.8, 4) is 0 Å². The SMILES string of the molecule is CCN(C(=O)/C=C\c1ccncc1)[C@@H]1CCN(c2ccccc2)C1=O. The summed E-state index contributed by atoms with van der Waals surface area (Å²) in [5, 5.41) is 0. The lowest BCUT2D eigenvalue weighted by Crippen LogP contribution is -2.44. The van der Waals surface area contributed by atoms with Crippen molar-refractivity contribution in [2.45, 2.75) is 19.4 Å². The van der Waals surface area contributed by atoms with Crippen LogP contribution in [0.2, 0.25) is 0 Å². The van der Waals surface area contributed by atoms with E-state index >= 15 is 0 Å². The highest BCUT2D eigenvalue weighted by atomic mass is 16.2. The van der Waals surface area contributed by atoms with Crippen molar-refractivity contribution >= 4 is 23.6 Å². The number of likely N-dealkylation sites (N-methyl/N-ethyl adjacent to an activating group) is 1. The summed E-state index contributed by atoms with van der Waals surface area (Å²) in [6, 6.07) is 12.8. The van der Waals surface area contributed by atoms with E-state index in [4.69, 9.17) is 0 Å². The first-order valence-corrected chi connectivity index (χ1v) is 8.46. The molecule has 2 heterocycles. The zero-order valence-electron chi connectivity index (χ0n) is 14.2. The summed E-state index contributed by atoms with van der Waals surface area (Å²) in [4.78, 5) is 32.7. The van der Waals surface area contributed by atoms with Gasteiger partial charge in [0.05, 0.1) is 0 Å². The molecule has 0 aliphatic carbocycles. The van der Waals surface area contributed by atoms with Gasteiger partial charge in [0, 0.05) is 37.2 Å². The molecule has 0 unspecified atom stereocenters. The van der Waals surface area contributed by atoms with Crippen LogP contribution in [0.25, 0.3) is 6.08 Å². The smallest absolute Gasteiger partial charge is 0.249 e.